The zero-order chi connectivity index (χ0) is 14.6. The molecule has 0 aromatic heterocycles. The molecule has 2 rings (SSSR count). The molecule has 2 heteroatoms. The number of hydrogen-bond donors (Lipinski definition) is 0. The highest BCUT2D eigenvalue weighted by Crippen LogP contribution is 2.27. The lowest BCUT2D eigenvalue weighted by Gasteiger charge is -2.29. The summed E-state index contributed by atoms with van der Waals surface area (Å²) in [6.45, 7) is 5.74. The van der Waals surface area contributed by atoms with Gasteiger partial charge in [0, 0.05) is 5.56 Å². The monoisotopic (exact) mass is 266 g/mol. The Kier molecular flexibility index (Phi) is 4.26. The zero-order valence-electron chi connectivity index (χ0n) is 12.2. The Bertz CT molecular complexity index is 582. The predicted molar refractivity (Wildman–Crippen MR) is 84.7 cm³/mol. The van der Waals surface area contributed by atoms with E-state index in [0.29, 0.717) is 5.69 Å². The summed E-state index contributed by atoms with van der Waals surface area (Å²) in [5.41, 5.74) is 2.31. The number of para-hydroxylation sites is 1. The molecule has 1 radical (unpaired) electrons. The maximum Gasteiger partial charge on any atom is 0.0746 e. The van der Waals surface area contributed by atoms with Crippen molar-refractivity contribution in [3.8, 4) is 0 Å². The molecule has 2 nitrogen and oxygen atoms in total. The first-order valence-corrected chi connectivity index (χ1v) is 6.78. The summed E-state index contributed by atoms with van der Waals surface area (Å²) in [6, 6.07) is 17.7. The van der Waals surface area contributed by atoms with Crippen LogP contribution in [0.2, 0.25) is 0 Å². The van der Waals surface area contributed by atoms with E-state index in [4.69, 9.17) is 0 Å². The fraction of sp³-hybridized carbons (Fsp3) is 0.222. The van der Waals surface area contributed by atoms with Gasteiger partial charge >= 0.3 is 0 Å². The van der Waals surface area contributed by atoms with Crippen molar-refractivity contribution in [2.45, 2.75) is 26.3 Å². The summed E-state index contributed by atoms with van der Waals surface area (Å²) in [7, 11) is 0. The van der Waals surface area contributed by atoms with E-state index >= 15 is 0 Å². The lowest BCUT2D eigenvalue weighted by Crippen LogP contribution is -2.37. The van der Waals surface area contributed by atoms with E-state index in [2.05, 4.69) is 0 Å². The van der Waals surface area contributed by atoms with Gasteiger partial charge in [0.25, 0.3) is 0 Å². The van der Waals surface area contributed by atoms with Gasteiger partial charge in [-0.15, -0.1) is 0 Å². The van der Waals surface area contributed by atoms with E-state index in [1.165, 1.54) is 0 Å². The summed E-state index contributed by atoms with van der Waals surface area (Å²) in [4.78, 5) is 0. The first kappa shape index (κ1) is 14.4. The number of hydroxylamine groups is 1. The Balaban J connectivity index is 2.32. The average Bonchev–Trinajstić information content (AvgIpc) is 2.45. The van der Waals surface area contributed by atoms with Gasteiger partial charge < -0.3 is 0 Å². The topological polar surface area (TPSA) is 23.1 Å². The van der Waals surface area contributed by atoms with Crippen LogP contribution in [0.25, 0.3) is 12.2 Å². The van der Waals surface area contributed by atoms with Gasteiger partial charge in [0.15, 0.2) is 0 Å². The van der Waals surface area contributed by atoms with Gasteiger partial charge in [0.05, 0.1) is 11.2 Å². The Hall–Kier alpha value is -2.06. The molecular weight excluding hydrogens is 246 g/mol. The molecule has 0 saturated heterocycles. The van der Waals surface area contributed by atoms with Gasteiger partial charge in [0.2, 0.25) is 0 Å². The second kappa shape index (κ2) is 5.93. The highest BCUT2D eigenvalue weighted by Gasteiger charge is 2.22. The molecule has 0 amide bonds. The molecule has 0 atom stereocenters. The second-order valence-corrected chi connectivity index (χ2v) is 5.77. The van der Waals surface area contributed by atoms with E-state index in [-0.39, 0.29) is 0 Å². The SMILES string of the molecule is CC(C)(C)N([O])c1ccccc1/C=C/c1ccccc1. The number of benzene rings is 2. The van der Waals surface area contributed by atoms with Crippen LogP contribution in [0.5, 0.6) is 0 Å². The molecule has 0 fully saturated rings. The minimum absolute atomic E-state index is 0.448. The van der Waals surface area contributed by atoms with Crippen LogP contribution in [0.4, 0.5) is 5.69 Å². The zero-order valence-corrected chi connectivity index (χ0v) is 12.2. The highest BCUT2D eigenvalue weighted by atomic mass is 16.5. The lowest BCUT2D eigenvalue weighted by molar-refractivity contribution is 0.102. The minimum atomic E-state index is -0.448. The quantitative estimate of drug-likeness (QED) is 0.577. The van der Waals surface area contributed by atoms with Crippen LogP contribution in [0.3, 0.4) is 0 Å². The Labute approximate surface area is 120 Å². The maximum atomic E-state index is 12.4. The van der Waals surface area contributed by atoms with Crippen LogP contribution in [0, 0.1) is 0 Å². The Morgan fingerprint density at radius 2 is 1.45 bits per heavy atom. The van der Waals surface area contributed by atoms with Crippen molar-refractivity contribution in [1.29, 1.82) is 0 Å². The summed E-state index contributed by atoms with van der Waals surface area (Å²) < 4.78 is 0. The third-order valence-electron chi connectivity index (χ3n) is 3.02. The molecule has 20 heavy (non-hydrogen) atoms. The molecular formula is C18H20NO. The fourth-order valence-electron chi connectivity index (χ4n) is 1.92. The molecule has 103 valence electrons. The molecule has 0 bridgehead atoms. The van der Waals surface area contributed by atoms with Crippen LogP contribution >= 0.6 is 0 Å². The molecule has 0 aliphatic rings. The van der Waals surface area contributed by atoms with Gasteiger partial charge in [-0.1, -0.05) is 65.9 Å². The highest BCUT2D eigenvalue weighted by molar-refractivity contribution is 5.76. The number of nitrogens with zero attached hydrogens (tertiary/aromatic N) is 1. The van der Waals surface area contributed by atoms with E-state index in [1.807, 2.05) is 87.5 Å². The van der Waals surface area contributed by atoms with E-state index in [9.17, 15) is 5.21 Å². The molecule has 0 heterocycles. The normalized spacial score (nSPS) is 11.8. The van der Waals surface area contributed by atoms with E-state index < -0.39 is 5.54 Å². The van der Waals surface area contributed by atoms with Crippen molar-refractivity contribution in [2.75, 3.05) is 5.06 Å². The average molecular weight is 266 g/mol. The number of rotatable bonds is 3. The first-order valence-electron chi connectivity index (χ1n) is 6.78. The minimum Gasteiger partial charge on any atom is -0.215 e. The molecule has 0 unspecified atom stereocenters. The molecule has 0 aliphatic heterocycles. The Morgan fingerprint density at radius 3 is 2.10 bits per heavy atom. The fourth-order valence-corrected chi connectivity index (χ4v) is 1.92. The molecule has 0 spiro atoms. The number of anilines is 1. The molecule has 0 N–H and O–H groups in total. The van der Waals surface area contributed by atoms with Crippen LogP contribution in [0.1, 0.15) is 31.9 Å². The molecule has 2 aromatic rings. The molecule has 0 aliphatic carbocycles. The van der Waals surface area contributed by atoms with Crippen LogP contribution in [-0.2, 0) is 5.21 Å². The van der Waals surface area contributed by atoms with Gasteiger partial charge in [-0.3, -0.25) is 0 Å². The summed E-state index contributed by atoms with van der Waals surface area (Å²) in [5.74, 6) is 0. The van der Waals surface area contributed by atoms with E-state index in [1.54, 1.807) is 0 Å². The third kappa shape index (κ3) is 3.49. The molecule has 2 aromatic carbocycles. The van der Waals surface area contributed by atoms with Gasteiger partial charge in [-0.2, -0.15) is 0 Å². The van der Waals surface area contributed by atoms with Gasteiger partial charge in [0.1, 0.15) is 0 Å². The van der Waals surface area contributed by atoms with Crippen molar-refractivity contribution < 1.29 is 5.21 Å². The summed E-state index contributed by atoms with van der Waals surface area (Å²) in [5, 5.41) is 13.4. The number of hydrogen-bond acceptors (Lipinski definition) is 1. The van der Waals surface area contributed by atoms with Gasteiger partial charge in [-0.05, 0) is 32.4 Å². The third-order valence-corrected chi connectivity index (χ3v) is 3.02. The largest absolute Gasteiger partial charge is 0.215 e. The first-order chi connectivity index (χ1) is 9.48. The summed E-state index contributed by atoms with van der Waals surface area (Å²) in [6.07, 6.45) is 4.01. The predicted octanol–water partition coefficient (Wildman–Crippen LogP) is 4.81. The Morgan fingerprint density at radius 1 is 0.850 bits per heavy atom. The second-order valence-electron chi connectivity index (χ2n) is 5.77. The van der Waals surface area contributed by atoms with Crippen LogP contribution < -0.4 is 5.06 Å². The van der Waals surface area contributed by atoms with E-state index in [0.717, 1.165) is 16.2 Å². The van der Waals surface area contributed by atoms with Crippen molar-refractivity contribution in [3.05, 3.63) is 65.7 Å². The van der Waals surface area contributed by atoms with Gasteiger partial charge in [-0.25, -0.2) is 5.06 Å². The lowest BCUT2D eigenvalue weighted by atomic mass is 10.0. The van der Waals surface area contributed by atoms with Crippen molar-refractivity contribution in [3.63, 3.8) is 0 Å². The van der Waals surface area contributed by atoms with Crippen molar-refractivity contribution in [1.82, 2.24) is 0 Å². The molecule has 0 saturated carbocycles. The van der Waals surface area contributed by atoms with Crippen LogP contribution in [0.15, 0.2) is 54.6 Å². The summed E-state index contributed by atoms with van der Waals surface area (Å²) >= 11 is 0. The maximum absolute atomic E-state index is 12.4. The van der Waals surface area contributed by atoms with Crippen molar-refractivity contribution >= 4 is 17.8 Å². The standard InChI is InChI=1S/C18H20NO/c1-18(2,3)19(20)17-12-8-7-11-16(17)14-13-15-9-5-4-6-10-15/h4-14H,1-3H3/b14-13+. The van der Waals surface area contributed by atoms with Crippen molar-refractivity contribution in [2.24, 2.45) is 0 Å². The smallest absolute Gasteiger partial charge is 0.0746 e. The van der Waals surface area contributed by atoms with Crippen LogP contribution in [-0.4, -0.2) is 5.54 Å².